The van der Waals surface area contributed by atoms with Gasteiger partial charge in [-0.05, 0) is 6.92 Å². The smallest absolute Gasteiger partial charge is 0.157 e. The molecule has 5 nitrogen and oxygen atoms in total. The van der Waals surface area contributed by atoms with E-state index in [0.29, 0.717) is 29.0 Å². The molecule has 0 bridgehead atoms. The first-order chi connectivity index (χ1) is 6.24. The average Bonchev–Trinajstić information content (AvgIpc) is 2.53. The van der Waals surface area contributed by atoms with E-state index in [4.69, 9.17) is 5.73 Å². The van der Waals surface area contributed by atoms with Gasteiger partial charge >= 0.3 is 0 Å². The third kappa shape index (κ3) is 0.970. The first-order valence-corrected chi connectivity index (χ1v) is 3.79. The summed E-state index contributed by atoms with van der Waals surface area (Å²) in [5.74, 6) is 0.336. The summed E-state index contributed by atoms with van der Waals surface area (Å²) in [6.07, 6.45) is 2.28. The summed E-state index contributed by atoms with van der Waals surface area (Å²) in [5.41, 5.74) is 7.38. The number of carbonyl (C=O) groups excluding carboxylic acids is 1. The van der Waals surface area contributed by atoms with Crippen molar-refractivity contribution in [1.82, 2.24) is 14.6 Å². The highest BCUT2D eigenvalue weighted by atomic mass is 16.1. The summed E-state index contributed by atoms with van der Waals surface area (Å²) in [4.78, 5) is 14.8. The molecule has 66 valence electrons. The molecule has 0 saturated carbocycles. The van der Waals surface area contributed by atoms with Crippen molar-refractivity contribution in [3.05, 3.63) is 23.5 Å². The molecule has 2 N–H and O–H groups in total. The van der Waals surface area contributed by atoms with Gasteiger partial charge in [0.25, 0.3) is 0 Å². The van der Waals surface area contributed by atoms with Gasteiger partial charge in [0.05, 0.1) is 17.5 Å². The first-order valence-electron chi connectivity index (χ1n) is 3.79. The van der Waals surface area contributed by atoms with Gasteiger partial charge in [-0.25, -0.2) is 4.98 Å². The number of nitrogens with zero attached hydrogens (tertiary/aromatic N) is 3. The lowest BCUT2D eigenvalue weighted by Crippen LogP contribution is -2.07. The average molecular weight is 176 g/mol. The van der Waals surface area contributed by atoms with E-state index in [1.807, 2.05) is 0 Å². The quantitative estimate of drug-likeness (QED) is 0.639. The van der Waals surface area contributed by atoms with Crippen LogP contribution >= 0.6 is 0 Å². The van der Waals surface area contributed by atoms with Crippen molar-refractivity contribution in [2.24, 2.45) is 0 Å². The molecule has 5 heteroatoms. The number of aromatic nitrogens is 3. The number of carbonyl (C=O) groups is 1. The lowest BCUT2D eigenvalue weighted by Gasteiger charge is -2.03. The van der Waals surface area contributed by atoms with E-state index >= 15 is 0 Å². The van der Waals surface area contributed by atoms with Crippen LogP contribution in [0.3, 0.4) is 0 Å². The second kappa shape index (κ2) is 2.55. The number of nitrogen functional groups attached to an aromatic ring is 1. The Kier molecular flexibility index (Phi) is 1.51. The summed E-state index contributed by atoms with van der Waals surface area (Å²) in [5, 5.41) is 3.94. The highest BCUT2D eigenvalue weighted by Gasteiger charge is 2.08. The second-order valence-electron chi connectivity index (χ2n) is 2.72. The van der Waals surface area contributed by atoms with Crippen molar-refractivity contribution in [3.8, 4) is 0 Å². The Bertz CT molecular complexity index is 474. The Balaban J connectivity index is 2.92. The molecule has 0 aliphatic rings. The minimum atomic E-state index is 0.336. The minimum Gasteiger partial charge on any atom is -0.383 e. The molecule has 2 aromatic rings. The number of fused-ring (bicyclic) bond motifs is 1. The molecule has 2 rings (SSSR count). The van der Waals surface area contributed by atoms with Crippen LogP contribution in [0.15, 0.2) is 12.3 Å². The normalized spacial score (nSPS) is 10.5. The van der Waals surface area contributed by atoms with E-state index in [0.717, 1.165) is 0 Å². The Labute approximate surface area is 74.2 Å². The number of anilines is 1. The van der Waals surface area contributed by atoms with E-state index < -0.39 is 0 Å². The Morgan fingerprint density at radius 2 is 2.38 bits per heavy atom. The maximum absolute atomic E-state index is 10.7. The monoisotopic (exact) mass is 176 g/mol. The van der Waals surface area contributed by atoms with Gasteiger partial charge in [-0.1, -0.05) is 0 Å². The van der Waals surface area contributed by atoms with Gasteiger partial charge in [0.2, 0.25) is 0 Å². The van der Waals surface area contributed by atoms with Crippen LogP contribution in [0.1, 0.15) is 16.1 Å². The number of rotatable bonds is 1. The molecule has 0 spiro atoms. The van der Waals surface area contributed by atoms with Crippen molar-refractivity contribution >= 4 is 17.8 Å². The van der Waals surface area contributed by atoms with Crippen LogP contribution in [-0.2, 0) is 0 Å². The molecular formula is C8H8N4O. The lowest BCUT2D eigenvalue weighted by molar-refractivity contribution is 0.112. The van der Waals surface area contributed by atoms with Gasteiger partial charge in [-0.2, -0.15) is 9.61 Å². The van der Waals surface area contributed by atoms with Crippen LogP contribution in [0.5, 0.6) is 0 Å². The molecule has 0 aliphatic carbocycles. The largest absolute Gasteiger partial charge is 0.383 e. The number of nitrogens with two attached hydrogens (primary N) is 1. The van der Waals surface area contributed by atoms with Gasteiger partial charge in [0, 0.05) is 6.07 Å². The second-order valence-corrected chi connectivity index (χ2v) is 2.72. The molecule has 0 radical (unpaired) electrons. The number of hydrogen-bond acceptors (Lipinski definition) is 4. The molecule has 0 aliphatic heterocycles. The summed E-state index contributed by atoms with van der Waals surface area (Å²) in [7, 11) is 0. The summed E-state index contributed by atoms with van der Waals surface area (Å²) >= 11 is 0. The van der Waals surface area contributed by atoms with Gasteiger partial charge < -0.3 is 5.73 Å². The molecule has 2 heterocycles. The van der Waals surface area contributed by atoms with Crippen molar-refractivity contribution in [2.75, 3.05) is 5.73 Å². The zero-order chi connectivity index (χ0) is 9.42. The highest BCUT2D eigenvalue weighted by Crippen LogP contribution is 2.13. The maximum atomic E-state index is 10.7. The van der Waals surface area contributed by atoms with Crippen LogP contribution in [0, 0.1) is 6.92 Å². The molecule has 0 fully saturated rings. The van der Waals surface area contributed by atoms with Crippen molar-refractivity contribution in [3.63, 3.8) is 0 Å². The maximum Gasteiger partial charge on any atom is 0.157 e. The van der Waals surface area contributed by atoms with Crippen LogP contribution < -0.4 is 5.73 Å². The predicted molar refractivity (Wildman–Crippen MR) is 47.5 cm³/mol. The van der Waals surface area contributed by atoms with Gasteiger partial charge in [-0.3, -0.25) is 4.79 Å². The molecule has 0 amide bonds. The third-order valence-corrected chi connectivity index (χ3v) is 1.92. The predicted octanol–water partition coefficient (Wildman–Crippen LogP) is 0.432. The van der Waals surface area contributed by atoms with Gasteiger partial charge in [-0.15, -0.1) is 0 Å². The fourth-order valence-corrected chi connectivity index (χ4v) is 1.24. The third-order valence-electron chi connectivity index (χ3n) is 1.92. The van der Waals surface area contributed by atoms with Crippen LogP contribution in [0.2, 0.25) is 0 Å². The van der Waals surface area contributed by atoms with E-state index in [-0.39, 0.29) is 0 Å². The Morgan fingerprint density at radius 1 is 1.62 bits per heavy atom. The van der Waals surface area contributed by atoms with Crippen LogP contribution in [-0.4, -0.2) is 20.9 Å². The first kappa shape index (κ1) is 7.72. The number of hydrogen-bond donors (Lipinski definition) is 1. The molecule has 0 unspecified atom stereocenters. The summed E-state index contributed by atoms with van der Waals surface area (Å²) < 4.78 is 1.44. The number of aldehydes is 1. The van der Waals surface area contributed by atoms with E-state index in [1.165, 1.54) is 4.52 Å². The zero-order valence-electron chi connectivity index (χ0n) is 7.06. The Hall–Kier alpha value is -1.91. The number of aryl methyl sites for hydroxylation is 1. The van der Waals surface area contributed by atoms with Crippen LogP contribution in [0.25, 0.3) is 5.65 Å². The Morgan fingerprint density at radius 3 is 3.08 bits per heavy atom. The fourth-order valence-electron chi connectivity index (χ4n) is 1.24. The molecule has 0 aromatic carbocycles. The minimum absolute atomic E-state index is 0.336. The molecule has 2 aromatic heterocycles. The van der Waals surface area contributed by atoms with Crippen molar-refractivity contribution in [1.29, 1.82) is 0 Å². The molecular weight excluding hydrogens is 168 g/mol. The van der Waals surface area contributed by atoms with Gasteiger partial charge in [0.15, 0.2) is 11.9 Å². The van der Waals surface area contributed by atoms with E-state index in [1.54, 1.807) is 19.2 Å². The van der Waals surface area contributed by atoms with Crippen LogP contribution in [0.4, 0.5) is 5.82 Å². The highest BCUT2D eigenvalue weighted by molar-refractivity contribution is 5.84. The molecule has 0 atom stereocenters. The topological polar surface area (TPSA) is 73.3 Å². The lowest BCUT2D eigenvalue weighted by atomic mass is 10.2. The SMILES string of the molecule is Cc1nc2ccnn2c(N)c1C=O. The van der Waals surface area contributed by atoms with Crippen molar-refractivity contribution < 1.29 is 4.79 Å². The zero-order valence-corrected chi connectivity index (χ0v) is 7.06. The van der Waals surface area contributed by atoms with E-state index in [9.17, 15) is 4.79 Å². The summed E-state index contributed by atoms with van der Waals surface area (Å²) in [6.45, 7) is 1.74. The van der Waals surface area contributed by atoms with E-state index in [2.05, 4.69) is 10.1 Å². The summed E-state index contributed by atoms with van der Waals surface area (Å²) in [6, 6.07) is 1.73. The standard InChI is InChI=1S/C8H8N4O/c1-5-6(4-13)8(9)12-7(11-5)2-3-10-12/h2-4H,9H2,1H3. The molecule has 0 saturated heterocycles. The van der Waals surface area contributed by atoms with Crippen molar-refractivity contribution in [2.45, 2.75) is 6.92 Å². The van der Waals surface area contributed by atoms with Gasteiger partial charge in [0.1, 0.15) is 5.82 Å². The molecule has 13 heavy (non-hydrogen) atoms. The fraction of sp³-hybridized carbons (Fsp3) is 0.125.